The number of carbonyl (C=O) groups excluding carboxylic acids is 2. The number of fused-ring (bicyclic) bond motifs is 1. The predicted molar refractivity (Wildman–Crippen MR) is 133 cm³/mol. The van der Waals surface area contributed by atoms with Gasteiger partial charge in [0.1, 0.15) is 0 Å². The first kappa shape index (κ1) is 24.3. The number of rotatable bonds is 6. The quantitative estimate of drug-likeness (QED) is 0.672. The van der Waals surface area contributed by atoms with Gasteiger partial charge < -0.3 is 9.80 Å². The summed E-state index contributed by atoms with van der Waals surface area (Å²) in [6, 6.07) is 10.5. The van der Waals surface area contributed by atoms with Crippen molar-refractivity contribution in [2.75, 3.05) is 29.3 Å². The minimum atomic E-state index is -3.75. The van der Waals surface area contributed by atoms with E-state index in [-0.39, 0.29) is 29.6 Å². The molecule has 8 heteroatoms. The van der Waals surface area contributed by atoms with E-state index >= 15 is 0 Å². The van der Waals surface area contributed by atoms with Crippen LogP contribution in [-0.2, 0) is 26.0 Å². The van der Waals surface area contributed by atoms with Gasteiger partial charge in [0, 0.05) is 38.2 Å². The van der Waals surface area contributed by atoms with Crippen molar-refractivity contribution in [2.45, 2.75) is 57.8 Å². The van der Waals surface area contributed by atoms with Gasteiger partial charge in [-0.1, -0.05) is 19.1 Å². The summed E-state index contributed by atoms with van der Waals surface area (Å²) < 4.78 is 28.7. The molecule has 2 aliphatic heterocycles. The number of benzene rings is 2. The summed E-state index contributed by atoms with van der Waals surface area (Å²) in [5.41, 5.74) is 3.94. The third-order valence-electron chi connectivity index (χ3n) is 6.88. The number of sulfonamides is 1. The van der Waals surface area contributed by atoms with Crippen molar-refractivity contribution in [3.05, 3.63) is 53.1 Å². The summed E-state index contributed by atoms with van der Waals surface area (Å²) in [5, 5.41) is 0. The van der Waals surface area contributed by atoms with E-state index in [1.807, 2.05) is 36.9 Å². The highest BCUT2D eigenvalue weighted by molar-refractivity contribution is 7.92. The third kappa shape index (κ3) is 5.27. The molecule has 2 aliphatic rings. The number of aryl methyl sites for hydroxylation is 2. The molecule has 1 saturated heterocycles. The maximum atomic E-state index is 13.0. The molecule has 0 unspecified atom stereocenters. The molecular formula is C26H33N3O4S. The van der Waals surface area contributed by atoms with Gasteiger partial charge >= 0.3 is 0 Å². The first-order valence-electron chi connectivity index (χ1n) is 11.9. The van der Waals surface area contributed by atoms with Gasteiger partial charge in [-0.15, -0.1) is 0 Å². The lowest BCUT2D eigenvalue weighted by Gasteiger charge is -2.30. The molecule has 0 aromatic heterocycles. The largest absolute Gasteiger partial charge is 0.343 e. The van der Waals surface area contributed by atoms with Crippen molar-refractivity contribution in [1.29, 1.82) is 0 Å². The number of hydrogen-bond donors (Lipinski definition) is 1. The lowest BCUT2D eigenvalue weighted by atomic mass is 9.99. The van der Waals surface area contributed by atoms with E-state index in [2.05, 4.69) is 11.6 Å². The van der Waals surface area contributed by atoms with Crippen molar-refractivity contribution in [2.24, 2.45) is 5.92 Å². The lowest BCUT2D eigenvalue weighted by molar-refractivity contribution is -0.134. The first-order valence-corrected chi connectivity index (χ1v) is 13.4. The third-order valence-corrected chi connectivity index (χ3v) is 8.25. The van der Waals surface area contributed by atoms with Crippen LogP contribution in [0.25, 0.3) is 0 Å². The van der Waals surface area contributed by atoms with Crippen LogP contribution in [0, 0.1) is 19.8 Å². The number of anilines is 2. The normalized spacial score (nSPS) is 16.4. The zero-order valence-electron chi connectivity index (χ0n) is 20.1. The number of likely N-dealkylation sites (tertiary alicyclic amines) is 1. The van der Waals surface area contributed by atoms with E-state index in [0.717, 1.165) is 48.3 Å². The van der Waals surface area contributed by atoms with Gasteiger partial charge in [0.15, 0.2) is 0 Å². The zero-order chi connectivity index (χ0) is 24.5. The maximum Gasteiger partial charge on any atom is 0.261 e. The summed E-state index contributed by atoms with van der Waals surface area (Å²) in [5.74, 6) is 0.594. The summed E-state index contributed by atoms with van der Waals surface area (Å²) in [6.07, 6.45) is 3.00. The Labute approximate surface area is 202 Å². The fourth-order valence-electron chi connectivity index (χ4n) is 4.62. The highest BCUT2D eigenvalue weighted by Crippen LogP contribution is 2.32. The SMILES string of the molecule is Cc1ccc(C)c(NS(=O)(=O)c2ccc3c(c2)CCN3C(=O)CCC(=O)N2CCC(C)CC2)c1. The van der Waals surface area contributed by atoms with E-state index in [4.69, 9.17) is 0 Å². The Morgan fingerprint density at radius 3 is 2.41 bits per heavy atom. The molecule has 0 bridgehead atoms. The summed E-state index contributed by atoms with van der Waals surface area (Å²) in [4.78, 5) is 29.1. The minimum Gasteiger partial charge on any atom is -0.343 e. The van der Waals surface area contributed by atoms with Gasteiger partial charge in [-0.25, -0.2) is 8.42 Å². The van der Waals surface area contributed by atoms with Gasteiger partial charge in [0.2, 0.25) is 11.8 Å². The molecule has 4 rings (SSSR count). The molecule has 0 radical (unpaired) electrons. The molecular weight excluding hydrogens is 450 g/mol. The second-order valence-corrected chi connectivity index (χ2v) is 11.3. The number of piperidine rings is 1. The van der Waals surface area contributed by atoms with Gasteiger partial charge in [0.05, 0.1) is 10.6 Å². The Bertz CT molecular complexity index is 1200. The molecule has 182 valence electrons. The van der Waals surface area contributed by atoms with E-state index in [9.17, 15) is 18.0 Å². The standard InChI is InChI=1S/C26H33N3O4S/c1-18-10-13-28(14-11-18)25(30)8-9-26(31)29-15-12-21-17-22(6-7-24(21)29)34(32,33)27-23-16-19(2)4-5-20(23)3/h4-7,16-18,27H,8-15H2,1-3H3. The number of carbonyl (C=O) groups is 2. The summed E-state index contributed by atoms with van der Waals surface area (Å²) >= 11 is 0. The summed E-state index contributed by atoms with van der Waals surface area (Å²) in [6.45, 7) is 8.02. The smallest absolute Gasteiger partial charge is 0.261 e. The van der Waals surface area contributed by atoms with Crippen molar-refractivity contribution in [3.8, 4) is 0 Å². The van der Waals surface area contributed by atoms with Crippen LogP contribution in [0.1, 0.15) is 49.3 Å². The number of nitrogens with zero attached hydrogens (tertiary/aromatic N) is 2. The molecule has 2 heterocycles. The van der Waals surface area contributed by atoms with Crippen LogP contribution in [0.4, 0.5) is 11.4 Å². The van der Waals surface area contributed by atoms with E-state index in [1.54, 1.807) is 17.0 Å². The topological polar surface area (TPSA) is 86.8 Å². The minimum absolute atomic E-state index is 0.0404. The van der Waals surface area contributed by atoms with Crippen LogP contribution < -0.4 is 9.62 Å². The van der Waals surface area contributed by atoms with E-state index in [0.29, 0.717) is 24.6 Å². The number of amides is 2. The molecule has 1 N–H and O–H groups in total. The monoisotopic (exact) mass is 483 g/mol. The average Bonchev–Trinajstić information content (AvgIpc) is 3.23. The second kappa shape index (κ2) is 9.78. The van der Waals surface area contributed by atoms with Crippen LogP contribution in [0.15, 0.2) is 41.3 Å². The lowest BCUT2D eigenvalue weighted by Crippen LogP contribution is -2.38. The van der Waals surface area contributed by atoms with Crippen LogP contribution in [0.5, 0.6) is 0 Å². The van der Waals surface area contributed by atoms with Crippen molar-refractivity contribution < 1.29 is 18.0 Å². The van der Waals surface area contributed by atoms with Gasteiger partial charge in [-0.05, 0) is 80.0 Å². The highest BCUT2D eigenvalue weighted by Gasteiger charge is 2.28. The van der Waals surface area contributed by atoms with Crippen molar-refractivity contribution in [3.63, 3.8) is 0 Å². The van der Waals surface area contributed by atoms with Gasteiger partial charge in [-0.2, -0.15) is 0 Å². The Morgan fingerprint density at radius 2 is 1.68 bits per heavy atom. The van der Waals surface area contributed by atoms with Crippen LogP contribution in [-0.4, -0.2) is 44.8 Å². The Morgan fingerprint density at radius 1 is 0.971 bits per heavy atom. The Balaban J connectivity index is 1.41. The van der Waals surface area contributed by atoms with Gasteiger partial charge in [-0.3, -0.25) is 14.3 Å². The van der Waals surface area contributed by atoms with Crippen LogP contribution in [0.2, 0.25) is 0 Å². The molecule has 0 saturated carbocycles. The fourth-order valence-corrected chi connectivity index (χ4v) is 5.79. The van der Waals surface area contributed by atoms with Crippen LogP contribution >= 0.6 is 0 Å². The van der Waals surface area contributed by atoms with Crippen molar-refractivity contribution in [1.82, 2.24) is 4.90 Å². The molecule has 0 spiro atoms. The molecule has 0 aliphatic carbocycles. The maximum absolute atomic E-state index is 13.0. The van der Waals surface area contributed by atoms with Gasteiger partial charge in [0.25, 0.3) is 10.0 Å². The molecule has 2 aromatic carbocycles. The number of nitrogens with one attached hydrogen (secondary N) is 1. The second-order valence-electron chi connectivity index (χ2n) is 9.57. The van der Waals surface area contributed by atoms with E-state index in [1.165, 1.54) is 6.07 Å². The predicted octanol–water partition coefficient (Wildman–Crippen LogP) is 4.03. The Hall–Kier alpha value is -2.87. The summed E-state index contributed by atoms with van der Waals surface area (Å²) in [7, 11) is -3.75. The molecule has 34 heavy (non-hydrogen) atoms. The molecule has 2 aromatic rings. The van der Waals surface area contributed by atoms with E-state index < -0.39 is 10.0 Å². The van der Waals surface area contributed by atoms with Crippen molar-refractivity contribution >= 4 is 33.2 Å². The average molecular weight is 484 g/mol. The molecule has 7 nitrogen and oxygen atoms in total. The first-order chi connectivity index (χ1) is 16.1. The molecule has 0 atom stereocenters. The molecule has 1 fully saturated rings. The fraction of sp³-hybridized carbons (Fsp3) is 0.462. The Kier molecular flexibility index (Phi) is 6.98. The van der Waals surface area contributed by atoms with Crippen LogP contribution in [0.3, 0.4) is 0 Å². The molecule has 2 amide bonds. The number of hydrogen-bond acceptors (Lipinski definition) is 4. The highest BCUT2D eigenvalue weighted by atomic mass is 32.2. The zero-order valence-corrected chi connectivity index (χ0v) is 21.0.